The third-order valence-corrected chi connectivity index (χ3v) is 0. The standard InChI is InChI=1S/6FH.Sn.Zr.2H/h6*1H;;;;/q;;;;;;+2;+4;;/p-6. The van der Waals surface area contributed by atoms with E-state index in [0.29, 0.717) is 0 Å². The van der Waals surface area contributed by atoms with Crippen molar-refractivity contribution in [3.05, 3.63) is 0 Å². The molecule has 8 heteroatoms. The summed E-state index contributed by atoms with van der Waals surface area (Å²) in [6, 6.07) is 0. The van der Waals surface area contributed by atoms with Gasteiger partial charge in [0.15, 0.2) is 0 Å². The summed E-state index contributed by atoms with van der Waals surface area (Å²) >= 11 is 0. The molecule has 0 aliphatic rings. The third-order valence-electron chi connectivity index (χ3n) is 0. The quantitative estimate of drug-likeness (QED) is 0.306. The van der Waals surface area contributed by atoms with E-state index >= 15 is 0 Å². The van der Waals surface area contributed by atoms with Gasteiger partial charge in [0.2, 0.25) is 0 Å². The van der Waals surface area contributed by atoms with E-state index < -0.39 is 0 Å². The van der Waals surface area contributed by atoms with Crippen LogP contribution in [0.15, 0.2) is 0 Å². The molecule has 0 saturated carbocycles. The molecule has 0 rings (SSSR count). The Hall–Kier alpha value is 1.26. The molecule has 0 spiro atoms. The topological polar surface area (TPSA) is 0 Å². The average Bonchev–Trinajstić information content (AvgIpc) is 0. The van der Waals surface area contributed by atoms with E-state index in [2.05, 4.69) is 0 Å². The first-order chi connectivity index (χ1) is 0. The second kappa shape index (κ2) is 274. The largest absolute Gasteiger partial charge is 4.00 e. The van der Waals surface area contributed by atoms with Crippen molar-refractivity contribution in [2.45, 2.75) is 0 Å². The third kappa shape index (κ3) is 179. The van der Waals surface area contributed by atoms with Gasteiger partial charge in [-0.3, -0.25) is 0 Å². The molecule has 0 bridgehead atoms. The van der Waals surface area contributed by atoms with Gasteiger partial charge in [0, 0.05) is 0 Å². The molecule has 0 saturated heterocycles. The zero-order chi connectivity index (χ0) is 0. The number of halogens is 6. The molecule has 0 aliphatic carbocycles. The van der Waals surface area contributed by atoms with Gasteiger partial charge in [-0.05, 0) is 0 Å². The Morgan fingerprint density at radius 1 is 0.375 bits per heavy atom. The SMILES string of the molecule is [F-].[F-].[F-].[F-].[F-].[F-].[SnH2+2].[Zr+4]. The molecule has 0 amide bonds. The van der Waals surface area contributed by atoms with Gasteiger partial charge in [0.05, 0.1) is 0 Å². The summed E-state index contributed by atoms with van der Waals surface area (Å²) in [5.41, 5.74) is 0. The minimum atomic E-state index is 0. The Balaban J connectivity index is 0. The van der Waals surface area contributed by atoms with Crippen LogP contribution in [0, 0.1) is 0 Å². The molecular weight excluding hydrogens is 324 g/mol. The molecule has 8 heavy (non-hydrogen) atoms. The fourth-order valence-corrected chi connectivity index (χ4v) is 0. The van der Waals surface area contributed by atoms with E-state index in [-0.39, 0.29) is 78.3 Å². The Bertz CT molecular complexity index is 8.49. The second-order valence-corrected chi connectivity index (χ2v) is 0. The van der Waals surface area contributed by atoms with Crippen LogP contribution < -0.4 is 28.2 Å². The van der Waals surface area contributed by atoms with Gasteiger partial charge in [0.25, 0.3) is 0 Å². The summed E-state index contributed by atoms with van der Waals surface area (Å²) in [6.45, 7) is 0. The van der Waals surface area contributed by atoms with E-state index in [1.54, 1.807) is 0 Å². The van der Waals surface area contributed by atoms with Crippen molar-refractivity contribution in [1.82, 2.24) is 0 Å². The minimum Gasteiger partial charge on any atom is 4.00 e. The zero-order valence-corrected chi connectivity index (χ0v) is 9.97. The first-order valence-corrected chi connectivity index (χ1v) is 0. The first kappa shape index (κ1) is 397. The summed E-state index contributed by atoms with van der Waals surface area (Å²) in [6.07, 6.45) is 0. The molecule has 0 aromatic carbocycles. The second-order valence-electron chi connectivity index (χ2n) is 0. The van der Waals surface area contributed by atoms with Crippen molar-refractivity contribution < 1.29 is 54.4 Å². The maximum Gasteiger partial charge on any atom is 4.00 e. The summed E-state index contributed by atoms with van der Waals surface area (Å²) < 4.78 is 0. The first-order valence-electron chi connectivity index (χ1n) is 0. The van der Waals surface area contributed by atoms with Gasteiger partial charge < -0.3 is 28.2 Å². The number of rotatable bonds is 0. The number of hydrogen-bond acceptors (Lipinski definition) is 0. The van der Waals surface area contributed by atoms with Crippen LogP contribution in [0.3, 0.4) is 0 Å². The maximum atomic E-state index is 0. The molecule has 0 aromatic rings. The summed E-state index contributed by atoms with van der Waals surface area (Å²) in [5.74, 6) is 0. The van der Waals surface area contributed by atoms with Crippen molar-refractivity contribution in [2.75, 3.05) is 0 Å². The number of hydrogen-bond donors (Lipinski definition) is 0. The van der Waals surface area contributed by atoms with Crippen molar-refractivity contribution >= 4 is 23.9 Å². The van der Waals surface area contributed by atoms with Crippen molar-refractivity contribution in [3.63, 3.8) is 0 Å². The molecule has 0 heterocycles. The predicted octanol–water partition coefficient (Wildman–Crippen LogP) is -18.9. The molecule has 0 nitrogen and oxygen atoms in total. The maximum absolute atomic E-state index is 0. The molecule has 0 radical (unpaired) electrons. The van der Waals surface area contributed by atoms with E-state index in [9.17, 15) is 0 Å². The molecule has 0 atom stereocenters. The van der Waals surface area contributed by atoms with Crippen LogP contribution in [0.4, 0.5) is 0 Å². The van der Waals surface area contributed by atoms with Gasteiger partial charge in [-0.2, -0.15) is 0 Å². The van der Waals surface area contributed by atoms with Gasteiger partial charge in [-0.15, -0.1) is 0 Å². The Kier molecular flexibility index (Phi) is 13600. The van der Waals surface area contributed by atoms with Crippen molar-refractivity contribution in [1.29, 1.82) is 0 Å². The van der Waals surface area contributed by atoms with E-state index in [4.69, 9.17) is 0 Å². The normalized spacial score (nSPS) is 0. The van der Waals surface area contributed by atoms with Gasteiger partial charge in [0.1, 0.15) is 0 Å². The Morgan fingerprint density at radius 3 is 0.375 bits per heavy atom. The van der Waals surface area contributed by atoms with E-state index in [1.807, 2.05) is 0 Å². The van der Waals surface area contributed by atoms with Crippen LogP contribution in [0.2, 0.25) is 0 Å². The monoisotopic (exact) mass is 326 g/mol. The molecule has 0 unspecified atom stereocenters. The van der Waals surface area contributed by atoms with Crippen molar-refractivity contribution in [3.8, 4) is 0 Å². The fraction of sp³-hybridized carbons (Fsp3) is 0. The Morgan fingerprint density at radius 2 is 0.375 bits per heavy atom. The van der Waals surface area contributed by atoms with Crippen LogP contribution in [0.25, 0.3) is 0 Å². The minimum absolute atomic E-state index is 0. The van der Waals surface area contributed by atoms with Gasteiger partial charge in [-0.1, -0.05) is 0 Å². The smallest absolute Gasteiger partial charge is 4.00 e. The van der Waals surface area contributed by atoms with E-state index in [1.165, 1.54) is 0 Å². The van der Waals surface area contributed by atoms with Crippen LogP contribution in [-0.2, 0) is 26.2 Å². The Labute approximate surface area is 78.1 Å². The predicted molar refractivity (Wildman–Crippen MR) is 8.54 cm³/mol. The molecule has 0 N–H and O–H groups in total. The van der Waals surface area contributed by atoms with Gasteiger partial charge >= 0.3 is 50.1 Å². The molecule has 0 fully saturated rings. The average molecular weight is 326 g/mol. The summed E-state index contributed by atoms with van der Waals surface area (Å²) in [5, 5.41) is 0. The molecular formula is H2F6SnZr. The van der Waals surface area contributed by atoms with Crippen LogP contribution >= 0.6 is 0 Å². The molecule has 0 aromatic heterocycles. The summed E-state index contributed by atoms with van der Waals surface area (Å²) in [7, 11) is 0. The van der Waals surface area contributed by atoms with Crippen LogP contribution in [-0.4, -0.2) is 23.9 Å². The van der Waals surface area contributed by atoms with Crippen molar-refractivity contribution in [2.24, 2.45) is 0 Å². The van der Waals surface area contributed by atoms with Crippen LogP contribution in [0.5, 0.6) is 0 Å². The zero-order valence-electron chi connectivity index (χ0n) is 3.47. The van der Waals surface area contributed by atoms with Crippen LogP contribution in [0.1, 0.15) is 0 Å². The summed E-state index contributed by atoms with van der Waals surface area (Å²) in [4.78, 5) is 0. The molecule has 52 valence electrons. The molecule has 0 aliphatic heterocycles. The van der Waals surface area contributed by atoms with Gasteiger partial charge in [-0.25, -0.2) is 0 Å². The van der Waals surface area contributed by atoms with E-state index in [0.717, 1.165) is 0 Å². The fourth-order valence-electron chi connectivity index (χ4n) is 0.